The summed E-state index contributed by atoms with van der Waals surface area (Å²) in [4.78, 5) is 26.4. The fourth-order valence-electron chi connectivity index (χ4n) is 5.84. The molecule has 2 aromatic rings. The Hall–Kier alpha value is -2.37. The van der Waals surface area contributed by atoms with E-state index in [0.717, 1.165) is 25.9 Å². The monoisotopic (exact) mass is 496 g/mol. The lowest BCUT2D eigenvalue weighted by Crippen LogP contribution is -2.66. The number of quaternary nitrogens is 1. The second-order valence-corrected chi connectivity index (χ2v) is 10.8. The highest BCUT2D eigenvalue weighted by molar-refractivity contribution is 7.10. The number of aromatic nitrogens is 1. The van der Waals surface area contributed by atoms with Gasteiger partial charge < -0.3 is 24.2 Å². The minimum atomic E-state index is -2.90. The molecule has 4 fully saturated rings. The van der Waals surface area contributed by atoms with Crippen molar-refractivity contribution in [1.82, 2.24) is 5.16 Å². The van der Waals surface area contributed by atoms with Crippen LogP contribution < -0.4 is 5.32 Å². The lowest BCUT2D eigenvalue weighted by Gasteiger charge is -2.51. The number of nitrogens with one attached hydrogen (secondary N) is 1. The number of esters is 1. The van der Waals surface area contributed by atoms with Crippen LogP contribution in [0.5, 0.6) is 0 Å². The van der Waals surface area contributed by atoms with Gasteiger partial charge in [0.15, 0.2) is 24.1 Å². The predicted octanol–water partition coefficient (Wildman–Crippen LogP) is 3.15. The average Bonchev–Trinajstić information content (AvgIpc) is 3.56. The molecule has 2 N–H and O–H groups in total. The zero-order chi connectivity index (χ0) is 24.0. The summed E-state index contributed by atoms with van der Waals surface area (Å²) >= 11 is 1.17. The Labute approximate surface area is 199 Å². The van der Waals surface area contributed by atoms with Gasteiger partial charge in [0.25, 0.3) is 5.91 Å². The third-order valence-electron chi connectivity index (χ3n) is 7.69. The van der Waals surface area contributed by atoms with Gasteiger partial charge in [0.2, 0.25) is 5.92 Å². The number of hydrogen-bond acceptors (Lipinski definition) is 7. The number of ether oxygens (including phenoxy) is 1. The Morgan fingerprint density at radius 3 is 2.74 bits per heavy atom. The van der Waals surface area contributed by atoms with Crippen LogP contribution in [0, 0.1) is 11.8 Å². The molecule has 0 aromatic carbocycles. The number of hydrogen-bond donors (Lipinski definition) is 2. The Balaban J connectivity index is 1.31. The van der Waals surface area contributed by atoms with E-state index < -0.39 is 35.9 Å². The third kappa shape index (κ3) is 4.36. The maximum Gasteiger partial charge on any atom is 0.344 e. The van der Waals surface area contributed by atoms with E-state index in [4.69, 9.17) is 9.26 Å². The summed E-state index contributed by atoms with van der Waals surface area (Å²) in [6.07, 6.45) is 1.61. The van der Waals surface area contributed by atoms with Crippen molar-refractivity contribution < 1.29 is 37.2 Å². The highest BCUT2D eigenvalue weighted by Crippen LogP contribution is 2.49. The molecule has 1 saturated carbocycles. The van der Waals surface area contributed by atoms with Gasteiger partial charge in [-0.1, -0.05) is 11.2 Å². The van der Waals surface area contributed by atoms with E-state index in [-0.39, 0.29) is 31.2 Å². The van der Waals surface area contributed by atoms with Crippen LogP contribution in [-0.4, -0.2) is 64.8 Å². The molecule has 3 aliphatic heterocycles. The quantitative estimate of drug-likeness (QED) is 0.451. The van der Waals surface area contributed by atoms with E-state index in [2.05, 4.69) is 10.5 Å². The topological polar surface area (TPSA) is 102 Å². The van der Waals surface area contributed by atoms with Crippen molar-refractivity contribution in [3.63, 3.8) is 0 Å². The van der Waals surface area contributed by atoms with Crippen LogP contribution in [-0.2, 0) is 19.9 Å². The molecular formula is C23H28F2N3O5S+. The number of carbonyl (C=O) groups is 2. The Morgan fingerprint density at radius 1 is 1.32 bits per heavy atom. The number of thiophene rings is 1. The lowest BCUT2D eigenvalue weighted by atomic mass is 9.82. The smallest absolute Gasteiger partial charge is 0.344 e. The Bertz CT molecular complexity index is 1020. The number of amides is 1. The third-order valence-corrected chi connectivity index (χ3v) is 8.68. The molecule has 2 bridgehead atoms. The van der Waals surface area contributed by atoms with Crippen molar-refractivity contribution >= 4 is 29.0 Å². The molecule has 34 heavy (non-hydrogen) atoms. The highest BCUT2D eigenvalue weighted by atomic mass is 32.1. The maximum atomic E-state index is 14.0. The largest absolute Gasteiger partial charge is 0.454 e. The van der Waals surface area contributed by atoms with Crippen LogP contribution in [0.15, 0.2) is 34.4 Å². The van der Waals surface area contributed by atoms with Crippen molar-refractivity contribution in [1.29, 1.82) is 0 Å². The number of fused-ring (bicyclic) bond motifs is 3. The van der Waals surface area contributed by atoms with Crippen molar-refractivity contribution in [2.75, 3.05) is 31.5 Å². The van der Waals surface area contributed by atoms with E-state index in [1.165, 1.54) is 17.6 Å². The fraction of sp³-hybridized carbons (Fsp3) is 0.609. The summed E-state index contributed by atoms with van der Waals surface area (Å²) < 4.78 is 39.1. The first-order valence-corrected chi connectivity index (χ1v) is 12.5. The van der Waals surface area contributed by atoms with Gasteiger partial charge in [-0.15, -0.1) is 11.3 Å². The number of aliphatic hydroxyl groups is 1. The van der Waals surface area contributed by atoms with Crippen LogP contribution in [0.1, 0.15) is 37.0 Å². The van der Waals surface area contributed by atoms with Gasteiger partial charge in [-0.2, -0.15) is 0 Å². The SMILES string of the molecule is O=C(C[N+]12CCC(CC1)C(OC(=O)[C@@](O)(c1cccs1)C1CCC(F)(F)C1)C2)Nc1ccon1. The fourth-order valence-corrected chi connectivity index (χ4v) is 6.73. The summed E-state index contributed by atoms with van der Waals surface area (Å²) in [7, 11) is 0. The predicted molar refractivity (Wildman–Crippen MR) is 118 cm³/mol. The van der Waals surface area contributed by atoms with Gasteiger partial charge in [0.1, 0.15) is 12.8 Å². The number of carbonyl (C=O) groups excluding carboxylic acids is 2. The van der Waals surface area contributed by atoms with Crippen LogP contribution in [0.3, 0.4) is 0 Å². The molecule has 3 saturated heterocycles. The first-order valence-electron chi connectivity index (χ1n) is 11.6. The van der Waals surface area contributed by atoms with Crippen molar-refractivity contribution in [2.24, 2.45) is 11.8 Å². The van der Waals surface area contributed by atoms with Crippen LogP contribution in [0.25, 0.3) is 0 Å². The van der Waals surface area contributed by atoms with Crippen molar-refractivity contribution in [2.45, 2.75) is 49.7 Å². The summed E-state index contributed by atoms with van der Waals surface area (Å²) in [6, 6.07) is 4.84. The Kier molecular flexibility index (Phi) is 5.97. The molecule has 1 aliphatic carbocycles. The van der Waals surface area contributed by atoms with Gasteiger partial charge in [-0.25, -0.2) is 13.6 Å². The molecule has 2 aromatic heterocycles. The van der Waals surface area contributed by atoms with Crippen LogP contribution >= 0.6 is 11.3 Å². The molecule has 3 atom stereocenters. The average molecular weight is 497 g/mol. The number of rotatable bonds is 7. The highest BCUT2D eigenvalue weighted by Gasteiger charge is 2.57. The van der Waals surface area contributed by atoms with Gasteiger partial charge in [0.05, 0.1) is 13.1 Å². The minimum absolute atomic E-state index is 0.0484. The number of alkyl halides is 2. The van der Waals surface area contributed by atoms with E-state index in [9.17, 15) is 23.5 Å². The molecule has 5 heterocycles. The summed E-state index contributed by atoms with van der Waals surface area (Å²) in [5.74, 6) is -4.42. The number of halogens is 2. The first-order chi connectivity index (χ1) is 16.2. The number of anilines is 1. The number of nitrogens with zero attached hydrogens (tertiary/aromatic N) is 2. The molecule has 0 radical (unpaired) electrons. The molecule has 184 valence electrons. The summed E-state index contributed by atoms with van der Waals surface area (Å²) in [5, 5.41) is 19.7. The molecule has 11 heteroatoms. The zero-order valence-corrected chi connectivity index (χ0v) is 19.4. The second kappa shape index (κ2) is 8.69. The molecule has 8 nitrogen and oxygen atoms in total. The van der Waals surface area contributed by atoms with Gasteiger partial charge >= 0.3 is 5.97 Å². The molecule has 2 unspecified atom stereocenters. The van der Waals surface area contributed by atoms with Crippen molar-refractivity contribution in [3.8, 4) is 0 Å². The van der Waals surface area contributed by atoms with Crippen LogP contribution in [0.2, 0.25) is 0 Å². The molecule has 0 spiro atoms. The Morgan fingerprint density at radius 2 is 2.12 bits per heavy atom. The zero-order valence-electron chi connectivity index (χ0n) is 18.6. The standard InChI is InChI=1S/C23H27F2N3O5S/c24-22(25)7-3-16(12-22)23(31,18-2-1-11-34-18)21(30)33-17-13-28(8-4-15(17)5-9-28)14-20(29)26-19-6-10-32-27-19/h1-2,6,10-11,15-17,31H,3-5,7-9,12-14H2/p+1/t15?,16?,17?,23-,28?/m0/s1. The van der Waals surface area contributed by atoms with E-state index in [1.807, 2.05) is 0 Å². The van der Waals surface area contributed by atoms with E-state index in [1.54, 1.807) is 23.6 Å². The van der Waals surface area contributed by atoms with Gasteiger partial charge in [0, 0.05) is 48.5 Å². The summed E-state index contributed by atoms with van der Waals surface area (Å²) in [5.41, 5.74) is -2.10. The second-order valence-electron chi connectivity index (χ2n) is 9.88. The van der Waals surface area contributed by atoms with Crippen LogP contribution in [0.4, 0.5) is 14.6 Å². The normalized spacial score (nSPS) is 31.7. The van der Waals surface area contributed by atoms with E-state index in [0.29, 0.717) is 21.7 Å². The van der Waals surface area contributed by atoms with Gasteiger partial charge in [-0.3, -0.25) is 4.79 Å². The molecule has 6 rings (SSSR count). The van der Waals surface area contributed by atoms with E-state index >= 15 is 0 Å². The number of piperidine rings is 3. The summed E-state index contributed by atoms with van der Waals surface area (Å²) in [6.45, 7) is 2.23. The van der Waals surface area contributed by atoms with Crippen molar-refractivity contribution in [3.05, 3.63) is 34.7 Å². The van der Waals surface area contributed by atoms with Gasteiger partial charge in [-0.05, 0) is 17.9 Å². The maximum absolute atomic E-state index is 14.0. The molecule has 4 aliphatic rings. The molecular weight excluding hydrogens is 468 g/mol. The minimum Gasteiger partial charge on any atom is -0.454 e. The first kappa shape index (κ1) is 23.4. The lowest BCUT2D eigenvalue weighted by molar-refractivity contribution is -0.939. The molecule has 1 amide bonds.